The molecule has 0 bridgehead atoms. The summed E-state index contributed by atoms with van der Waals surface area (Å²) in [6.07, 6.45) is 1.84. The number of hydrogen-bond donors (Lipinski definition) is 1. The van der Waals surface area contributed by atoms with Gasteiger partial charge in [-0.05, 0) is 50.3 Å². The lowest BCUT2D eigenvalue weighted by Gasteiger charge is -2.24. The second-order valence-corrected chi connectivity index (χ2v) is 7.55. The molecule has 21 heavy (non-hydrogen) atoms. The summed E-state index contributed by atoms with van der Waals surface area (Å²) in [7, 11) is -1.96. The van der Waals surface area contributed by atoms with E-state index < -0.39 is 10.0 Å². The van der Waals surface area contributed by atoms with Crippen molar-refractivity contribution in [3.8, 4) is 0 Å². The van der Waals surface area contributed by atoms with Crippen molar-refractivity contribution in [1.29, 1.82) is 0 Å². The summed E-state index contributed by atoms with van der Waals surface area (Å²) in [6.45, 7) is 6.29. The minimum absolute atomic E-state index is 0.103. The number of benzene rings is 1. The molecule has 2 N–H and O–H groups in total. The predicted octanol–water partition coefficient (Wildman–Crippen LogP) is 1.99. The Kier molecular flexibility index (Phi) is 4.60. The predicted molar refractivity (Wildman–Crippen MR) is 83.9 cm³/mol. The molecule has 0 saturated heterocycles. The minimum Gasteiger partial charge on any atom is -0.398 e. The third kappa shape index (κ3) is 3.07. The Morgan fingerprint density at radius 2 is 1.90 bits per heavy atom. The second-order valence-electron chi connectivity index (χ2n) is 5.72. The molecule has 0 unspecified atom stereocenters. The number of nitrogen functional groups attached to an aromatic ring is 1. The van der Waals surface area contributed by atoms with E-state index in [4.69, 9.17) is 10.5 Å². The standard InChI is InChI=1S/C15H24N2O3S/c1-10-9-11(2)15(12(3)14(10)16)21(18,19)17(7-8-20-4)13-5-6-13/h9,13H,5-8,16H2,1-4H3. The van der Waals surface area contributed by atoms with Crippen LogP contribution in [0, 0.1) is 20.8 Å². The number of rotatable bonds is 6. The fraction of sp³-hybridized carbons (Fsp3) is 0.600. The molecule has 0 amide bonds. The number of hydrogen-bond acceptors (Lipinski definition) is 4. The maximum Gasteiger partial charge on any atom is 0.244 e. The van der Waals surface area contributed by atoms with Crippen molar-refractivity contribution in [3.63, 3.8) is 0 Å². The van der Waals surface area contributed by atoms with Gasteiger partial charge in [-0.3, -0.25) is 0 Å². The van der Waals surface area contributed by atoms with E-state index in [1.165, 1.54) is 0 Å². The van der Waals surface area contributed by atoms with Crippen molar-refractivity contribution in [2.24, 2.45) is 0 Å². The van der Waals surface area contributed by atoms with Gasteiger partial charge in [0.25, 0.3) is 0 Å². The zero-order chi connectivity index (χ0) is 15.8. The smallest absolute Gasteiger partial charge is 0.244 e. The maximum atomic E-state index is 13.0. The van der Waals surface area contributed by atoms with Gasteiger partial charge in [-0.1, -0.05) is 6.07 Å². The summed E-state index contributed by atoms with van der Waals surface area (Å²) >= 11 is 0. The van der Waals surface area contributed by atoms with Crippen LogP contribution >= 0.6 is 0 Å². The lowest BCUT2D eigenvalue weighted by molar-refractivity contribution is 0.177. The van der Waals surface area contributed by atoms with E-state index in [1.54, 1.807) is 18.3 Å². The number of anilines is 1. The summed E-state index contributed by atoms with van der Waals surface area (Å²) in [5.41, 5.74) is 8.91. The van der Waals surface area contributed by atoms with Gasteiger partial charge in [0.2, 0.25) is 10.0 Å². The summed E-state index contributed by atoms with van der Waals surface area (Å²) in [5, 5.41) is 0. The Morgan fingerprint density at radius 3 is 2.43 bits per heavy atom. The number of nitrogens with two attached hydrogens (primary N) is 1. The van der Waals surface area contributed by atoms with Crippen LogP contribution in [0.2, 0.25) is 0 Å². The molecule has 0 atom stereocenters. The molecule has 1 saturated carbocycles. The average molecular weight is 312 g/mol. The number of nitrogens with zero attached hydrogens (tertiary/aromatic N) is 1. The van der Waals surface area contributed by atoms with Crippen molar-refractivity contribution in [2.45, 2.75) is 44.6 Å². The van der Waals surface area contributed by atoms with Gasteiger partial charge < -0.3 is 10.5 Å². The normalized spacial score (nSPS) is 15.7. The average Bonchev–Trinajstić information content (AvgIpc) is 3.20. The van der Waals surface area contributed by atoms with Crippen LogP contribution in [0.5, 0.6) is 0 Å². The van der Waals surface area contributed by atoms with Crippen LogP contribution in [-0.4, -0.2) is 39.0 Å². The molecule has 1 aliphatic carbocycles. The molecule has 0 spiro atoms. The molecule has 5 nitrogen and oxygen atoms in total. The molecule has 1 aromatic rings. The highest BCUT2D eigenvalue weighted by molar-refractivity contribution is 7.89. The van der Waals surface area contributed by atoms with Gasteiger partial charge in [0.1, 0.15) is 0 Å². The highest BCUT2D eigenvalue weighted by Gasteiger charge is 2.39. The molecule has 118 valence electrons. The van der Waals surface area contributed by atoms with E-state index in [-0.39, 0.29) is 6.04 Å². The van der Waals surface area contributed by atoms with Crippen molar-refractivity contribution >= 4 is 15.7 Å². The monoisotopic (exact) mass is 312 g/mol. The largest absolute Gasteiger partial charge is 0.398 e. The third-order valence-electron chi connectivity index (χ3n) is 4.00. The highest BCUT2D eigenvalue weighted by Crippen LogP contribution is 2.36. The molecule has 1 aliphatic rings. The van der Waals surface area contributed by atoms with Crippen molar-refractivity contribution in [3.05, 3.63) is 22.8 Å². The lowest BCUT2D eigenvalue weighted by Crippen LogP contribution is -2.36. The Bertz CT molecular complexity index is 637. The Morgan fingerprint density at radius 1 is 1.29 bits per heavy atom. The highest BCUT2D eigenvalue weighted by atomic mass is 32.2. The van der Waals surface area contributed by atoms with Crippen molar-refractivity contribution in [1.82, 2.24) is 4.31 Å². The fourth-order valence-electron chi connectivity index (χ4n) is 2.74. The van der Waals surface area contributed by atoms with Crippen molar-refractivity contribution < 1.29 is 13.2 Å². The number of methoxy groups -OCH3 is 1. The van der Waals surface area contributed by atoms with Gasteiger partial charge in [-0.25, -0.2) is 8.42 Å². The molecule has 0 heterocycles. The van der Waals surface area contributed by atoms with E-state index in [2.05, 4.69) is 0 Å². The first kappa shape index (κ1) is 16.3. The van der Waals surface area contributed by atoms with Crippen LogP contribution in [0.4, 0.5) is 5.69 Å². The zero-order valence-electron chi connectivity index (χ0n) is 13.1. The second kappa shape index (κ2) is 5.94. The van der Waals surface area contributed by atoms with E-state index in [0.29, 0.717) is 29.3 Å². The summed E-state index contributed by atoms with van der Waals surface area (Å²) in [6, 6.07) is 1.95. The van der Waals surface area contributed by atoms with Gasteiger partial charge in [0.15, 0.2) is 0 Å². The third-order valence-corrected chi connectivity index (χ3v) is 6.24. The van der Waals surface area contributed by atoms with Crippen LogP contribution in [-0.2, 0) is 14.8 Å². The van der Waals surface area contributed by atoms with E-state index in [1.807, 2.05) is 19.9 Å². The van der Waals surface area contributed by atoms with Crippen LogP contribution in [0.1, 0.15) is 29.5 Å². The lowest BCUT2D eigenvalue weighted by atomic mass is 10.1. The Balaban J connectivity index is 2.50. The van der Waals surface area contributed by atoms with Gasteiger partial charge in [0, 0.05) is 25.4 Å². The molecule has 0 aromatic heterocycles. The number of sulfonamides is 1. The van der Waals surface area contributed by atoms with Crippen LogP contribution < -0.4 is 5.73 Å². The van der Waals surface area contributed by atoms with E-state index in [0.717, 1.165) is 24.0 Å². The van der Waals surface area contributed by atoms with Gasteiger partial charge in [-0.15, -0.1) is 0 Å². The molecule has 0 radical (unpaired) electrons. The maximum absolute atomic E-state index is 13.0. The van der Waals surface area contributed by atoms with Gasteiger partial charge in [0.05, 0.1) is 11.5 Å². The van der Waals surface area contributed by atoms with E-state index in [9.17, 15) is 8.42 Å². The first-order valence-electron chi connectivity index (χ1n) is 7.17. The van der Waals surface area contributed by atoms with Crippen LogP contribution in [0.15, 0.2) is 11.0 Å². The minimum atomic E-state index is -3.54. The molecule has 0 aliphatic heterocycles. The summed E-state index contributed by atoms with van der Waals surface area (Å²) in [4.78, 5) is 0.355. The Labute approximate surface area is 127 Å². The number of ether oxygens (including phenoxy) is 1. The topological polar surface area (TPSA) is 72.6 Å². The summed E-state index contributed by atoms with van der Waals surface area (Å²) in [5.74, 6) is 0. The molecular formula is C15H24N2O3S. The SMILES string of the molecule is COCCN(C1CC1)S(=O)(=O)c1c(C)cc(C)c(N)c1C. The molecule has 1 aromatic carbocycles. The first-order valence-corrected chi connectivity index (χ1v) is 8.61. The molecule has 6 heteroatoms. The fourth-order valence-corrected chi connectivity index (χ4v) is 4.85. The van der Waals surface area contributed by atoms with Crippen LogP contribution in [0.3, 0.4) is 0 Å². The number of aryl methyl sites for hydroxylation is 2. The molecule has 1 fully saturated rings. The first-order chi connectivity index (χ1) is 9.80. The summed E-state index contributed by atoms with van der Waals surface area (Å²) < 4.78 is 32.7. The van der Waals surface area contributed by atoms with Crippen LogP contribution in [0.25, 0.3) is 0 Å². The quantitative estimate of drug-likeness (QED) is 0.815. The van der Waals surface area contributed by atoms with Crippen molar-refractivity contribution in [2.75, 3.05) is 26.0 Å². The molecular weight excluding hydrogens is 288 g/mol. The molecule has 2 rings (SSSR count). The zero-order valence-corrected chi connectivity index (χ0v) is 14.0. The van der Waals surface area contributed by atoms with Gasteiger partial charge in [-0.2, -0.15) is 4.31 Å². The van der Waals surface area contributed by atoms with E-state index >= 15 is 0 Å². The van der Waals surface area contributed by atoms with Gasteiger partial charge >= 0.3 is 0 Å². The Hall–Kier alpha value is -1.11.